The molecule has 0 aliphatic heterocycles. The minimum atomic E-state index is -0.826. The number of rotatable bonds is 6. The summed E-state index contributed by atoms with van der Waals surface area (Å²) >= 11 is 1.70. The van der Waals surface area contributed by atoms with Gasteiger partial charge < -0.3 is 10.4 Å². The number of hydrogen-bond donors (Lipinski definition) is 2. The lowest BCUT2D eigenvalue weighted by atomic mass is 10.2. The molecule has 4 heteroatoms. The molecule has 0 aromatic carbocycles. The number of thiophene rings is 1. The van der Waals surface area contributed by atoms with Crippen LogP contribution in [-0.2, 0) is 4.79 Å². The molecule has 0 fully saturated rings. The van der Waals surface area contributed by atoms with Crippen LogP contribution in [0.25, 0.3) is 0 Å². The highest BCUT2D eigenvalue weighted by Crippen LogP contribution is 2.17. The van der Waals surface area contributed by atoms with Crippen molar-refractivity contribution in [2.24, 2.45) is 0 Å². The van der Waals surface area contributed by atoms with E-state index in [1.54, 1.807) is 17.4 Å². The van der Waals surface area contributed by atoms with Crippen LogP contribution in [0, 0.1) is 0 Å². The Bertz CT molecular complexity index is 357. The molecule has 0 aliphatic rings. The summed E-state index contributed by atoms with van der Waals surface area (Å²) < 4.78 is 0. The molecular weight excluding hydrogens is 222 g/mol. The van der Waals surface area contributed by atoms with E-state index >= 15 is 0 Å². The first-order chi connectivity index (χ1) is 7.65. The van der Waals surface area contributed by atoms with Crippen molar-refractivity contribution in [3.63, 3.8) is 0 Å². The molecule has 0 unspecified atom stereocenters. The molecule has 2 N–H and O–H groups in total. The summed E-state index contributed by atoms with van der Waals surface area (Å²) in [5.74, 6) is -0.826. The molecule has 1 atom stereocenters. The Hall–Kier alpha value is -1.13. The average molecular weight is 239 g/mol. The van der Waals surface area contributed by atoms with Gasteiger partial charge in [-0.15, -0.1) is 11.3 Å². The van der Waals surface area contributed by atoms with E-state index in [2.05, 4.69) is 18.3 Å². The molecule has 0 bridgehead atoms. The molecular formula is C12H17NO2S. The van der Waals surface area contributed by atoms with Gasteiger partial charge in [-0.2, -0.15) is 0 Å². The number of hydrogen-bond acceptors (Lipinski definition) is 3. The van der Waals surface area contributed by atoms with Crippen LogP contribution in [0.5, 0.6) is 0 Å². The first-order valence-electron chi connectivity index (χ1n) is 5.34. The molecule has 0 saturated heterocycles. The van der Waals surface area contributed by atoms with E-state index in [-0.39, 0.29) is 6.04 Å². The maximum absolute atomic E-state index is 10.7. The molecule has 1 rings (SSSR count). The SMILES string of the molecule is CC/C(=C/CN[C@@H](C)c1cccs1)C(=O)O. The van der Waals surface area contributed by atoms with Gasteiger partial charge in [0.15, 0.2) is 0 Å². The van der Waals surface area contributed by atoms with E-state index in [1.165, 1.54) is 4.88 Å². The van der Waals surface area contributed by atoms with Crippen molar-refractivity contribution in [2.45, 2.75) is 26.3 Å². The maximum Gasteiger partial charge on any atom is 0.331 e. The second-order valence-electron chi connectivity index (χ2n) is 3.53. The molecule has 0 amide bonds. The van der Waals surface area contributed by atoms with Crippen LogP contribution in [0.3, 0.4) is 0 Å². The lowest BCUT2D eigenvalue weighted by molar-refractivity contribution is -0.132. The highest BCUT2D eigenvalue weighted by Gasteiger charge is 2.06. The van der Waals surface area contributed by atoms with Crippen LogP contribution in [0.4, 0.5) is 0 Å². The number of carboxylic acid groups (broad SMARTS) is 1. The fraction of sp³-hybridized carbons (Fsp3) is 0.417. The molecule has 16 heavy (non-hydrogen) atoms. The minimum absolute atomic E-state index is 0.267. The molecule has 1 aromatic heterocycles. The van der Waals surface area contributed by atoms with Gasteiger partial charge in [0.1, 0.15) is 0 Å². The van der Waals surface area contributed by atoms with E-state index < -0.39 is 5.97 Å². The smallest absolute Gasteiger partial charge is 0.331 e. The van der Waals surface area contributed by atoms with Crippen LogP contribution in [0.1, 0.15) is 31.2 Å². The second-order valence-corrected chi connectivity index (χ2v) is 4.51. The molecule has 1 aromatic rings. The summed E-state index contributed by atoms with van der Waals surface area (Å²) in [6, 6.07) is 4.36. The van der Waals surface area contributed by atoms with Gasteiger partial charge >= 0.3 is 5.97 Å². The van der Waals surface area contributed by atoms with Gasteiger partial charge in [0.05, 0.1) is 0 Å². The Kier molecular flexibility index (Phi) is 5.22. The van der Waals surface area contributed by atoms with Crippen molar-refractivity contribution in [1.82, 2.24) is 5.32 Å². The van der Waals surface area contributed by atoms with E-state index in [9.17, 15) is 4.79 Å². The standard InChI is InChI=1S/C12H17NO2S/c1-3-10(12(14)15)6-7-13-9(2)11-5-4-8-16-11/h4-6,8-9,13H,3,7H2,1-2H3,(H,14,15)/b10-6-/t9-/m0/s1. The highest BCUT2D eigenvalue weighted by molar-refractivity contribution is 7.10. The van der Waals surface area contributed by atoms with Crippen molar-refractivity contribution >= 4 is 17.3 Å². The molecule has 3 nitrogen and oxygen atoms in total. The van der Waals surface area contributed by atoms with Crippen molar-refractivity contribution in [2.75, 3.05) is 6.54 Å². The first kappa shape index (κ1) is 12.9. The molecule has 88 valence electrons. The third kappa shape index (κ3) is 3.79. The third-order valence-corrected chi connectivity index (χ3v) is 3.45. The molecule has 0 aliphatic carbocycles. The van der Waals surface area contributed by atoms with Gasteiger partial charge in [-0.3, -0.25) is 0 Å². The molecule has 1 heterocycles. The summed E-state index contributed by atoms with van der Waals surface area (Å²) in [6.07, 6.45) is 2.30. The van der Waals surface area contributed by atoms with Crippen molar-refractivity contribution in [3.05, 3.63) is 34.0 Å². The van der Waals surface area contributed by atoms with Gasteiger partial charge in [-0.05, 0) is 24.8 Å². The normalized spacial score (nSPS) is 13.8. The predicted octanol–water partition coefficient (Wildman–Crippen LogP) is 2.82. The number of aliphatic carboxylic acids is 1. The third-order valence-electron chi connectivity index (χ3n) is 2.40. The summed E-state index contributed by atoms with van der Waals surface area (Å²) in [4.78, 5) is 12.0. The Balaban J connectivity index is 2.43. The molecule has 0 spiro atoms. The Morgan fingerprint density at radius 3 is 2.94 bits per heavy atom. The van der Waals surface area contributed by atoms with E-state index in [0.29, 0.717) is 18.5 Å². The fourth-order valence-corrected chi connectivity index (χ4v) is 2.14. The van der Waals surface area contributed by atoms with Gasteiger partial charge in [-0.25, -0.2) is 4.79 Å². The van der Waals surface area contributed by atoms with Crippen LogP contribution < -0.4 is 5.32 Å². The van der Waals surface area contributed by atoms with Crippen LogP contribution >= 0.6 is 11.3 Å². The second kappa shape index (κ2) is 6.45. The van der Waals surface area contributed by atoms with Gasteiger partial charge in [-0.1, -0.05) is 19.1 Å². The molecule has 0 radical (unpaired) electrons. The topological polar surface area (TPSA) is 49.3 Å². The highest BCUT2D eigenvalue weighted by atomic mass is 32.1. The average Bonchev–Trinajstić information content (AvgIpc) is 2.76. The first-order valence-corrected chi connectivity index (χ1v) is 6.22. The van der Waals surface area contributed by atoms with Gasteiger partial charge in [0.2, 0.25) is 0 Å². The Morgan fingerprint density at radius 1 is 1.69 bits per heavy atom. The zero-order valence-corrected chi connectivity index (χ0v) is 10.4. The van der Waals surface area contributed by atoms with Crippen LogP contribution in [0.15, 0.2) is 29.2 Å². The number of carbonyl (C=O) groups is 1. The van der Waals surface area contributed by atoms with Crippen LogP contribution in [-0.4, -0.2) is 17.6 Å². The quantitative estimate of drug-likeness (QED) is 0.750. The summed E-state index contributed by atoms with van der Waals surface area (Å²) in [7, 11) is 0. The zero-order valence-electron chi connectivity index (χ0n) is 9.56. The summed E-state index contributed by atoms with van der Waals surface area (Å²) in [5.41, 5.74) is 0.464. The minimum Gasteiger partial charge on any atom is -0.478 e. The van der Waals surface area contributed by atoms with E-state index in [4.69, 9.17) is 5.11 Å². The summed E-state index contributed by atoms with van der Waals surface area (Å²) in [5, 5.41) is 14.1. The van der Waals surface area contributed by atoms with Crippen molar-refractivity contribution in [1.29, 1.82) is 0 Å². The monoisotopic (exact) mass is 239 g/mol. The van der Waals surface area contributed by atoms with E-state index in [1.807, 2.05) is 18.4 Å². The van der Waals surface area contributed by atoms with Crippen molar-refractivity contribution in [3.8, 4) is 0 Å². The fourth-order valence-electron chi connectivity index (χ4n) is 1.38. The van der Waals surface area contributed by atoms with Crippen LogP contribution in [0.2, 0.25) is 0 Å². The van der Waals surface area contributed by atoms with E-state index in [0.717, 1.165) is 0 Å². The molecule has 0 saturated carbocycles. The van der Waals surface area contributed by atoms with Gasteiger partial charge in [0, 0.05) is 23.0 Å². The van der Waals surface area contributed by atoms with Gasteiger partial charge in [0.25, 0.3) is 0 Å². The number of nitrogens with one attached hydrogen (secondary N) is 1. The number of carboxylic acids is 1. The summed E-state index contributed by atoms with van der Waals surface area (Å²) in [6.45, 7) is 4.52. The maximum atomic E-state index is 10.7. The zero-order chi connectivity index (χ0) is 12.0. The largest absolute Gasteiger partial charge is 0.478 e. The Morgan fingerprint density at radius 2 is 2.44 bits per heavy atom. The lowest BCUT2D eigenvalue weighted by Gasteiger charge is -2.10. The Labute approximate surface area is 99.8 Å². The lowest BCUT2D eigenvalue weighted by Crippen LogP contribution is -2.18. The predicted molar refractivity (Wildman–Crippen MR) is 66.7 cm³/mol. The van der Waals surface area contributed by atoms with Crippen molar-refractivity contribution < 1.29 is 9.90 Å².